The summed E-state index contributed by atoms with van der Waals surface area (Å²) in [6, 6.07) is 1.09. The second-order valence-electron chi connectivity index (χ2n) is 6.01. The summed E-state index contributed by atoms with van der Waals surface area (Å²) in [5.41, 5.74) is 1.70. The van der Waals surface area contributed by atoms with Crippen molar-refractivity contribution in [1.82, 2.24) is 14.5 Å². The number of hydrogen-bond acceptors (Lipinski definition) is 5. The maximum absolute atomic E-state index is 10.3. The molecule has 0 aliphatic heterocycles. The Balaban J connectivity index is 2.02. The Kier molecular flexibility index (Phi) is 4.61. The van der Waals surface area contributed by atoms with Crippen LogP contribution in [0.25, 0.3) is 0 Å². The lowest BCUT2D eigenvalue weighted by Gasteiger charge is -2.14. The van der Waals surface area contributed by atoms with E-state index in [1.165, 1.54) is 11.3 Å². The monoisotopic (exact) mass is 311 g/mol. The fourth-order valence-corrected chi connectivity index (χ4v) is 3.04. The highest BCUT2D eigenvalue weighted by Crippen LogP contribution is 2.25. The van der Waals surface area contributed by atoms with Crippen LogP contribution in [0, 0.1) is 0 Å². The molecular weight excluding hydrogens is 290 g/mol. The molecule has 0 radical (unpaired) electrons. The predicted octanol–water partition coefficient (Wildman–Crippen LogP) is 2.68. The second-order valence-corrected chi connectivity index (χ2v) is 12.6. The fourth-order valence-electron chi connectivity index (χ4n) is 1.73. The lowest BCUT2D eigenvalue weighted by molar-refractivity contribution is 0.209. The maximum Gasteiger partial charge on any atom is 0.231 e. The van der Waals surface area contributed by atoms with E-state index in [9.17, 15) is 5.11 Å². The number of aromatic nitrogens is 3. The quantitative estimate of drug-likeness (QED) is 0.833. The molecule has 2 rings (SSSR count). The molecule has 1 unspecified atom stereocenters. The Morgan fingerprint density at radius 1 is 1.45 bits per heavy atom. The number of aryl methyl sites for hydroxylation is 1. The molecule has 0 spiro atoms. The van der Waals surface area contributed by atoms with Crippen LogP contribution in [0.5, 0.6) is 5.88 Å². The average molecular weight is 311 g/mol. The Bertz CT molecular complexity index is 548. The molecule has 0 fully saturated rings. The van der Waals surface area contributed by atoms with Gasteiger partial charge >= 0.3 is 0 Å². The van der Waals surface area contributed by atoms with Crippen LogP contribution in [0.2, 0.25) is 25.7 Å². The van der Waals surface area contributed by atoms with Crippen LogP contribution < -0.4 is 4.74 Å². The van der Waals surface area contributed by atoms with Gasteiger partial charge in [-0.05, 0) is 6.04 Å². The number of aliphatic hydroxyl groups excluding tert-OH is 1. The Labute approximate surface area is 124 Å². The van der Waals surface area contributed by atoms with Gasteiger partial charge in [0, 0.05) is 21.3 Å². The number of imidazole rings is 1. The highest BCUT2D eigenvalue weighted by molar-refractivity contribution is 7.09. The minimum Gasteiger partial charge on any atom is -0.477 e. The third kappa shape index (κ3) is 3.91. The van der Waals surface area contributed by atoms with Crippen LogP contribution in [-0.4, -0.2) is 34.3 Å². The molecule has 2 heterocycles. The first-order valence-corrected chi connectivity index (χ1v) is 11.2. The van der Waals surface area contributed by atoms with Crippen molar-refractivity contribution in [3.63, 3.8) is 0 Å². The first-order valence-electron chi connectivity index (χ1n) is 6.59. The molecule has 2 aromatic heterocycles. The van der Waals surface area contributed by atoms with E-state index < -0.39 is 14.2 Å². The van der Waals surface area contributed by atoms with Crippen molar-refractivity contribution < 1.29 is 9.84 Å². The van der Waals surface area contributed by atoms with Gasteiger partial charge in [0.1, 0.15) is 11.9 Å². The molecule has 5 nitrogen and oxygen atoms in total. The molecule has 2 aromatic rings. The van der Waals surface area contributed by atoms with Crippen LogP contribution in [0.15, 0.2) is 17.9 Å². The van der Waals surface area contributed by atoms with E-state index in [2.05, 4.69) is 29.6 Å². The number of ether oxygens (including phenoxy) is 1. The van der Waals surface area contributed by atoms with E-state index >= 15 is 0 Å². The summed E-state index contributed by atoms with van der Waals surface area (Å²) in [6.45, 7) is 7.62. The van der Waals surface area contributed by atoms with Crippen LogP contribution in [0.4, 0.5) is 0 Å². The topological polar surface area (TPSA) is 60.2 Å². The molecule has 1 atom stereocenters. The Morgan fingerprint density at radius 2 is 2.20 bits per heavy atom. The molecule has 0 bridgehead atoms. The van der Waals surface area contributed by atoms with Crippen molar-refractivity contribution in [2.75, 3.05) is 6.61 Å². The van der Waals surface area contributed by atoms with Gasteiger partial charge < -0.3 is 14.4 Å². The number of nitrogens with zero attached hydrogens (tertiary/aromatic N) is 3. The molecule has 20 heavy (non-hydrogen) atoms. The van der Waals surface area contributed by atoms with E-state index in [4.69, 9.17) is 4.74 Å². The van der Waals surface area contributed by atoms with Crippen molar-refractivity contribution >= 4 is 19.4 Å². The first-order chi connectivity index (χ1) is 9.37. The summed E-state index contributed by atoms with van der Waals surface area (Å²) in [4.78, 5) is 9.13. The van der Waals surface area contributed by atoms with Crippen LogP contribution in [-0.2, 0) is 7.05 Å². The first kappa shape index (κ1) is 15.2. The smallest absolute Gasteiger partial charge is 0.231 e. The van der Waals surface area contributed by atoms with Crippen molar-refractivity contribution in [3.8, 4) is 5.88 Å². The van der Waals surface area contributed by atoms with Gasteiger partial charge in [0.05, 0.1) is 23.2 Å². The van der Waals surface area contributed by atoms with E-state index in [0.29, 0.717) is 18.3 Å². The minimum absolute atomic E-state index is 0.573. The standard InChI is InChI=1S/C13H21N3O2SSi/c1-16-8-11(18-5-6-20(2,3)4)15-13(16)12(17)10-7-14-9-19-10/h7-9,12,17H,5-6H2,1-4H3. The average Bonchev–Trinajstić information content (AvgIpc) is 2.96. The molecule has 0 aliphatic carbocycles. The molecule has 7 heteroatoms. The van der Waals surface area contributed by atoms with Gasteiger partial charge in [0.25, 0.3) is 0 Å². The van der Waals surface area contributed by atoms with E-state index in [0.717, 1.165) is 10.9 Å². The van der Waals surface area contributed by atoms with Crippen molar-refractivity contribution in [2.24, 2.45) is 7.05 Å². The van der Waals surface area contributed by atoms with Crippen LogP contribution in [0.1, 0.15) is 16.8 Å². The summed E-state index contributed by atoms with van der Waals surface area (Å²) in [5, 5.41) is 10.3. The molecule has 110 valence electrons. The number of rotatable bonds is 6. The number of thiazole rings is 1. The lowest BCUT2D eigenvalue weighted by Crippen LogP contribution is -2.22. The highest BCUT2D eigenvalue weighted by atomic mass is 32.1. The van der Waals surface area contributed by atoms with Crippen molar-refractivity contribution in [1.29, 1.82) is 0 Å². The van der Waals surface area contributed by atoms with Gasteiger partial charge in [-0.2, -0.15) is 4.98 Å². The predicted molar refractivity (Wildman–Crippen MR) is 83.0 cm³/mol. The molecule has 0 aliphatic rings. The van der Waals surface area contributed by atoms with Crippen molar-refractivity contribution in [3.05, 3.63) is 28.6 Å². The fraction of sp³-hybridized carbons (Fsp3) is 0.538. The van der Waals surface area contributed by atoms with Gasteiger partial charge in [0.15, 0.2) is 0 Å². The molecule has 0 aromatic carbocycles. The summed E-state index contributed by atoms with van der Waals surface area (Å²) in [7, 11) is 0.760. The van der Waals surface area contributed by atoms with Crippen LogP contribution in [0.3, 0.4) is 0 Å². The van der Waals surface area contributed by atoms with Gasteiger partial charge in [0.2, 0.25) is 5.88 Å². The van der Waals surface area contributed by atoms with Crippen LogP contribution >= 0.6 is 11.3 Å². The zero-order valence-electron chi connectivity index (χ0n) is 12.3. The normalized spacial score (nSPS) is 13.4. The molecular formula is C13H21N3O2SSi. The van der Waals surface area contributed by atoms with E-state index in [1.807, 2.05) is 13.2 Å². The second kappa shape index (κ2) is 6.07. The Hall–Kier alpha value is -1.18. The summed E-state index contributed by atoms with van der Waals surface area (Å²) < 4.78 is 7.49. The van der Waals surface area contributed by atoms with E-state index in [1.54, 1.807) is 16.3 Å². The van der Waals surface area contributed by atoms with Gasteiger partial charge in [-0.15, -0.1) is 11.3 Å². The van der Waals surface area contributed by atoms with E-state index in [-0.39, 0.29) is 0 Å². The SMILES string of the molecule is Cn1cc(OCC[Si](C)(C)C)nc1C(O)c1cncs1. The number of hydrogen-bond donors (Lipinski definition) is 1. The Morgan fingerprint density at radius 3 is 2.80 bits per heavy atom. The zero-order valence-corrected chi connectivity index (χ0v) is 14.1. The van der Waals surface area contributed by atoms with Gasteiger partial charge in [-0.25, -0.2) is 0 Å². The minimum atomic E-state index is -1.10. The van der Waals surface area contributed by atoms with Crippen molar-refractivity contribution in [2.45, 2.75) is 31.8 Å². The largest absolute Gasteiger partial charge is 0.477 e. The third-order valence-corrected chi connectivity index (χ3v) is 5.49. The van der Waals surface area contributed by atoms with Gasteiger partial charge in [-0.1, -0.05) is 19.6 Å². The summed E-state index contributed by atoms with van der Waals surface area (Å²) in [5.74, 6) is 1.15. The number of aliphatic hydroxyl groups is 1. The molecule has 0 saturated carbocycles. The third-order valence-electron chi connectivity index (χ3n) is 2.96. The molecule has 0 saturated heterocycles. The highest BCUT2D eigenvalue weighted by Gasteiger charge is 2.19. The summed E-state index contributed by atoms with van der Waals surface area (Å²) in [6.07, 6.45) is 2.72. The maximum atomic E-state index is 10.3. The molecule has 1 N–H and O–H groups in total. The summed E-state index contributed by atoms with van der Waals surface area (Å²) >= 11 is 1.42. The zero-order chi connectivity index (χ0) is 14.8. The molecule has 0 amide bonds. The lowest BCUT2D eigenvalue weighted by atomic mass is 10.3. The van der Waals surface area contributed by atoms with Gasteiger partial charge in [-0.3, -0.25) is 4.98 Å².